The SMILES string of the molecule is NC(=NCc1ccc(OC(F)(F)F)cc1)/N=C(\N)N1CCC1. The minimum absolute atomic E-state index is 0.0278. The molecule has 1 heterocycles. The summed E-state index contributed by atoms with van der Waals surface area (Å²) >= 11 is 0. The maximum absolute atomic E-state index is 12.0. The Hall–Kier alpha value is -2.45. The molecule has 4 N–H and O–H groups in total. The molecule has 1 aliphatic heterocycles. The molecule has 1 fully saturated rings. The normalized spacial score (nSPS) is 16.4. The number of halogens is 3. The Bertz CT molecular complexity index is 564. The van der Waals surface area contributed by atoms with Crippen molar-refractivity contribution in [2.24, 2.45) is 21.5 Å². The van der Waals surface area contributed by atoms with Crippen LogP contribution in [0, 0.1) is 0 Å². The molecule has 0 unspecified atom stereocenters. The summed E-state index contributed by atoms with van der Waals surface area (Å²) in [5.74, 6) is 0.0645. The lowest BCUT2D eigenvalue weighted by molar-refractivity contribution is -0.274. The third-order valence-electron chi connectivity index (χ3n) is 2.99. The van der Waals surface area contributed by atoms with Gasteiger partial charge in [0.1, 0.15) is 5.75 Å². The third-order valence-corrected chi connectivity index (χ3v) is 2.99. The van der Waals surface area contributed by atoms with Gasteiger partial charge in [-0.2, -0.15) is 4.99 Å². The number of hydrogen-bond acceptors (Lipinski definition) is 2. The molecule has 6 nitrogen and oxygen atoms in total. The van der Waals surface area contributed by atoms with E-state index in [1.165, 1.54) is 24.3 Å². The summed E-state index contributed by atoms with van der Waals surface area (Å²) in [6.07, 6.45) is -3.63. The summed E-state index contributed by atoms with van der Waals surface area (Å²) in [4.78, 5) is 9.84. The second-order valence-electron chi connectivity index (χ2n) is 4.68. The van der Waals surface area contributed by atoms with Gasteiger partial charge in [0.05, 0.1) is 6.54 Å². The first-order valence-corrected chi connectivity index (χ1v) is 6.57. The Morgan fingerprint density at radius 1 is 1.18 bits per heavy atom. The van der Waals surface area contributed by atoms with Crippen LogP contribution in [0.2, 0.25) is 0 Å². The van der Waals surface area contributed by atoms with Crippen LogP contribution < -0.4 is 16.2 Å². The average Bonchev–Trinajstić information content (AvgIpc) is 2.34. The van der Waals surface area contributed by atoms with Crippen LogP contribution in [0.5, 0.6) is 5.75 Å². The Balaban J connectivity index is 1.91. The highest BCUT2D eigenvalue weighted by atomic mass is 19.4. The lowest BCUT2D eigenvalue weighted by Crippen LogP contribution is -2.47. The minimum atomic E-state index is -4.70. The smallest absolute Gasteiger partial charge is 0.406 e. The van der Waals surface area contributed by atoms with Crippen molar-refractivity contribution in [2.75, 3.05) is 13.1 Å². The van der Waals surface area contributed by atoms with Crippen molar-refractivity contribution in [2.45, 2.75) is 19.3 Å². The van der Waals surface area contributed by atoms with Gasteiger partial charge in [0.15, 0.2) is 5.96 Å². The van der Waals surface area contributed by atoms with Crippen molar-refractivity contribution in [3.8, 4) is 5.75 Å². The van der Waals surface area contributed by atoms with Gasteiger partial charge in [-0.25, -0.2) is 4.99 Å². The van der Waals surface area contributed by atoms with E-state index in [4.69, 9.17) is 11.5 Å². The maximum atomic E-state index is 12.0. The van der Waals surface area contributed by atoms with E-state index in [9.17, 15) is 13.2 Å². The van der Waals surface area contributed by atoms with E-state index in [1.54, 1.807) is 0 Å². The molecule has 0 bridgehead atoms. The van der Waals surface area contributed by atoms with Crippen molar-refractivity contribution in [1.29, 1.82) is 0 Å². The molecular formula is C13H16F3N5O. The molecule has 1 aromatic rings. The standard InChI is InChI=1S/C13H16F3N5O/c14-13(15,16)22-10-4-2-9(3-5-10)8-19-11(17)20-12(18)21-6-1-7-21/h2-5H,1,6-8H2,(H4,17,18,19,20). The molecule has 120 valence electrons. The first-order valence-electron chi connectivity index (χ1n) is 6.57. The van der Waals surface area contributed by atoms with E-state index >= 15 is 0 Å². The summed E-state index contributed by atoms with van der Waals surface area (Å²) in [6.45, 7) is 1.89. The number of ether oxygens (including phenoxy) is 1. The quantitative estimate of drug-likeness (QED) is 0.652. The summed E-state index contributed by atoms with van der Waals surface area (Å²) in [7, 11) is 0. The molecule has 2 rings (SSSR count). The molecule has 1 saturated heterocycles. The van der Waals surface area contributed by atoms with Crippen LogP contribution in [0.1, 0.15) is 12.0 Å². The van der Waals surface area contributed by atoms with Gasteiger partial charge in [-0.1, -0.05) is 12.1 Å². The minimum Gasteiger partial charge on any atom is -0.406 e. The third kappa shape index (κ3) is 4.83. The van der Waals surface area contributed by atoms with Crippen molar-refractivity contribution >= 4 is 11.9 Å². The zero-order valence-electron chi connectivity index (χ0n) is 11.7. The number of alkyl halides is 3. The molecule has 22 heavy (non-hydrogen) atoms. The van der Waals surface area contributed by atoms with E-state index < -0.39 is 6.36 Å². The molecule has 9 heteroatoms. The van der Waals surface area contributed by atoms with E-state index in [1.807, 2.05) is 4.90 Å². The molecule has 1 aromatic carbocycles. The highest BCUT2D eigenvalue weighted by Gasteiger charge is 2.30. The fourth-order valence-electron chi connectivity index (χ4n) is 1.74. The average molecular weight is 315 g/mol. The fraction of sp³-hybridized carbons (Fsp3) is 0.385. The van der Waals surface area contributed by atoms with E-state index in [2.05, 4.69) is 14.7 Å². The van der Waals surface area contributed by atoms with Gasteiger partial charge in [-0.05, 0) is 24.1 Å². The van der Waals surface area contributed by atoms with E-state index in [-0.39, 0.29) is 18.3 Å². The van der Waals surface area contributed by atoms with Crippen molar-refractivity contribution in [3.63, 3.8) is 0 Å². The van der Waals surface area contributed by atoms with Gasteiger partial charge < -0.3 is 21.1 Å². The Labute approximate surface area is 125 Å². The number of aliphatic imine (C=N–C) groups is 2. The van der Waals surface area contributed by atoms with Crippen molar-refractivity contribution in [3.05, 3.63) is 29.8 Å². The Kier molecular flexibility index (Phi) is 4.74. The number of benzene rings is 1. The molecule has 0 atom stereocenters. The van der Waals surface area contributed by atoms with Crippen LogP contribution in [-0.2, 0) is 6.54 Å². The fourth-order valence-corrected chi connectivity index (χ4v) is 1.74. The molecule has 0 aliphatic carbocycles. The highest BCUT2D eigenvalue weighted by molar-refractivity contribution is 5.93. The summed E-state index contributed by atoms with van der Waals surface area (Å²) in [6, 6.07) is 5.37. The number of nitrogens with two attached hydrogens (primary N) is 2. The van der Waals surface area contributed by atoms with Gasteiger partial charge >= 0.3 is 6.36 Å². The predicted molar refractivity (Wildman–Crippen MR) is 76.3 cm³/mol. The van der Waals surface area contributed by atoms with Crippen LogP contribution in [0.3, 0.4) is 0 Å². The zero-order chi connectivity index (χ0) is 16.2. The molecule has 1 aliphatic rings. The van der Waals surface area contributed by atoms with Crippen LogP contribution >= 0.6 is 0 Å². The topological polar surface area (TPSA) is 89.2 Å². The number of nitrogens with zero attached hydrogens (tertiary/aromatic N) is 3. The van der Waals surface area contributed by atoms with Gasteiger partial charge in [0.2, 0.25) is 5.96 Å². The van der Waals surface area contributed by atoms with Crippen LogP contribution in [0.25, 0.3) is 0 Å². The molecule has 0 spiro atoms. The second kappa shape index (κ2) is 6.54. The molecular weight excluding hydrogens is 299 g/mol. The van der Waals surface area contributed by atoms with Crippen LogP contribution in [0.4, 0.5) is 13.2 Å². The van der Waals surface area contributed by atoms with Gasteiger partial charge in [-0.15, -0.1) is 13.2 Å². The number of rotatable bonds is 3. The summed E-state index contributed by atoms with van der Waals surface area (Å²) in [5.41, 5.74) is 12.0. The zero-order valence-corrected chi connectivity index (χ0v) is 11.7. The Morgan fingerprint density at radius 2 is 1.82 bits per heavy atom. The monoisotopic (exact) mass is 315 g/mol. The predicted octanol–water partition coefficient (Wildman–Crippen LogP) is 1.42. The number of likely N-dealkylation sites (tertiary alicyclic amines) is 1. The van der Waals surface area contributed by atoms with Gasteiger partial charge in [0.25, 0.3) is 0 Å². The summed E-state index contributed by atoms with van der Waals surface area (Å²) < 4.78 is 39.9. The van der Waals surface area contributed by atoms with Crippen LogP contribution in [0.15, 0.2) is 34.3 Å². The number of hydrogen-bond donors (Lipinski definition) is 2. The first kappa shape index (κ1) is 15.9. The Morgan fingerprint density at radius 3 is 2.32 bits per heavy atom. The molecule has 0 amide bonds. The molecule has 0 saturated carbocycles. The molecule has 0 aromatic heterocycles. The second-order valence-corrected chi connectivity index (χ2v) is 4.68. The molecule has 0 radical (unpaired) electrons. The van der Waals surface area contributed by atoms with Gasteiger partial charge in [-0.3, -0.25) is 0 Å². The van der Waals surface area contributed by atoms with E-state index in [0.717, 1.165) is 19.5 Å². The summed E-state index contributed by atoms with van der Waals surface area (Å²) in [5, 5.41) is 0. The van der Waals surface area contributed by atoms with Crippen molar-refractivity contribution < 1.29 is 17.9 Å². The highest BCUT2D eigenvalue weighted by Crippen LogP contribution is 2.22. The maximum Gasteiger partial charge on any atom is 0.573 e. The van der Waals surface area contributed by atoms with Crippen LogP contribution in [-0.4, -0.2) is 36.3 Å². The van der Waals surface area contributed by atoms with Crippen molar-refractivity contribution in [1.82, 2.24) is 4.90 Å². The lowest BCUT2D eigenvalue weighted by Gasteiger charge is -2.31. The van der Waals surface area contributed by atoms with Gasteiger partial charge in [0, 0.05) is 13.1 Å². The largest absolute Gasteiger partial charge is 0.573 e. The lowest BCUT2D eigenvalue weighted by atomic mass is 10.2. The van der Waals surface area contributed by atoms with E-state index in [0.29, 0.717) is 11.5 Å². The first-order chi connectivity index (χ1) is 10.3. The number of guanidine groups is 2.